The summed E-state index contributed by atoms with van der Waals surface area (Å²) in [7, 11) is 2.15. The summed E-state index contributed by atoms with van der Waals surface area (Å²) in [6.07, 6.45) is 0. The molecule has 0 radical (unpaired) electrons. The van der Waals surface area contributed by atoms with Crippen molar-refractivity contribution in [1.82, 2.24) is 4.90 Å². The van der Waals surface area contributed by atoms with E-state index in [4.69, 9.17) is 4.74 Å². The van der Waals surface area contributed by atoms with Crippen molar-refractivity contribution in [2.45, 2.75) is 25.9 Å². The van der Waals surface area contributed by atoms with Gasteiger partial charge in [0.25, 0.3) is 0 Å². The third-order valence-electron chi connectivity index (χ3n) is 2.11. The Morgan fingerprint density at radius 2 is 1.67 bits per heavy atom. The number of ether oxygens (including phenoxy) is 1. The summed E-state index contributed by atoms with van der Waals surface area (Å²) in [6, 6.07) is 1.18. The van der Waals surface area contributed by atoms with Gasteiger partial charge in [0, 0.05) is 12.1 Å². The average molecular weight is 129 g/mol. The van der Waals surface area contributed by atoms with E-state index in [9.17, 15) is 0 Å². The Morgan fingerprint density at radius 1 is 1.22 bits per heavy atom. The van der Waals surface area contributed by atoms with E-state index in [1.165, 1.54) is 0 Å². The van der Waals surface area contributed by atoms with Gasteiger partial charge in [0.2, 0.25) is 0 Å². The Balaban J connectivity index is 2.41. The number of hydrogen-bond donors (Lipinski definition) is 0. The topological polar surface area (TPSA) is 12.5 Å². The van der Waals surface area contributed by atoms with Crippen LogP contribution < -0.4 is 0 Å². The normalized spacial score (nSPS) is 39.0. The maximum atomic E-state index is 5.32. The molecule has 1 heterocycles. The van der Waals surface area contributed by atoms with Gasteiger partial charge < -0.3 is 4.74 Å². The predicted octanol–water partition coefficient (Wildman–Crippen LogP) is 0.725. The van der Waals surface area contributed by atoms with Crippen molar-refractivity contribution >= 4 is 0 Å². The monoisotopic (exact) mass is 129 g/mol. The van der Waals surface area contributed by atoms with Gasteiger partial charge in [-0.05, 0) is 20.9 Å². The Morgan fingerprint density at radius 3 is 2.00 bits per heavy atom. The minimum Gasteiger partial charge on any atom is -0.378 e. The molecule has 0 aliphatic carbocycles. The van der Waals surface area contributed by atoms with Crippen molar-refractivity contribution in [3.63, 3.8) is 0 Å². The molecule has 54 valence electrons. The van der Waals surface area contributed by atoms with Gasteiger partial charge in [-0.25, -0.2) is 0 Å². The van der Waals surface area contributed by atoms with Crippen LogP contribution in [-0.4, -0.2) is 37.2 Å². The first-order valence-electron chi connectivity index (χ1n) is 3.51. The lowest BCUT2D eigenvalue weighted by molar-refractivity contribution is -0.0227. The van der Waals surface area contributed by atoms with Crippen molar-refractivity contribution in [2.75, 3.05) is 20.3 Å². The fourth-order valence-electron chi connectivity index (χ4n) is 1.08. The van der Waals surface area contributed by atoms with E-state index >= 15 is 0 Å². The lowest BCUT2D eigenvalue weighted by atomic mass is 10.2. The van der Waals surface area contributed by atoms with Gasteiger partial charge in [0.15, 0.2) is 0 Å². The average Bonchev–Trinajstić information content (AvgIpc) is 1.83. The van der Waals surface area contributed by atoms with E-state index in [1.54, 1.807) is 0 Å². The van der Waals surface area contributed by atoms with Crippen LogP contribution in [0.25, 0.3) is 0 Å². The highest BCUT2D eigenvalue weighted by Crippen LogP contribution is 2.08. The molecule has 0 N–H and O–H groups in total. The van der Waals surface area contributed by atoms with E-state index in [-0.39, 0.29) is 0 Å². The van der Waals surface area contributed by atoms with Crippen LogP contribution in [-0.2, 0) is 4.74 Å². The summed E-state index contributed by atoms with van der Waals surface area (Å²) in [5, 5.41) is 0. The molecule has 0 unspecified atom stereocenters. The Bertz CT molecular complexity index is 84.9. The molecular weight excluding hydrogens is 114 g/mol. The van der Waals surface area contributed by atoms with Gasteiger partial charge in [-0.1, -0.05) is 0 Å². The van der Waals surface area contributed by atoms with Crippen LogP contribution in [0.1, 0.15) is 13.8 Å². The smallest absolute Gasteiger partial charge is 0.0619 e. The van der Waals surface area contributed by atoms with Gasteiger partial charge in [0.05, 0.1) is 13.2 Å². The van der Waals surface area contributed by atoms with Crippen LogP contribution in [0.5, 0.6) is 0 Å². The van der Waals surface area contributed by atoms with Gasteiger partial charge in [-0.15, -0.1) is 0 Å². The number of hydrogen-bond acceptors (Lipinski definition) is 2. The molecule has 2 heteroatoms. The number of nitrogens with zero attached hydrogens (tertiary/aromatic N) is 1. The first-order valence-corrected chi connectivity index (χ1v) is 3.51. The van der Waals surface area contributed by atoms with Crippen molar-refractivity contribution in [2.24, 2.45) is 0 Å². The highest BCUT2D eigenvalue weighted by Gasteiger charge is 2.20. The summed E-state index contributed by atoms with van der Waals surface area (Å²) in [6.45, 7) is 6.16. The van der Waals surface area contributed by atoms with Crippen LogP contribution in [0.4, 0.5) is 0 Å². The minimum absolute atomic E-state index is 0.591. The molecule has 1 aliphatic rings. The third-order valence-corrected chi connectivity index (χ3v) is 2.11. The van der Waals surface area contributed by atoms with Gasteiger partial charge in [0.1, 0.15) is 0 Å². The molecule has 0 saturated carbocycles. The first kappa shape index (κ1) is 7.03. The maximum Gasteiger partial charge on any atom is 0.0619 e. The molecule has 1 fully saturated rings. The molecule has 0 aromatic carbocycles. The van der Waals surface area contributed by atoms with E-state index in [2.05, 4.69) is 25.8 Å². The number of rotatable bonds is 0. The zero-order chi connectivity index (χ0) is 6.85. The quantitative estimate of drug-likeness (QED) is 0.478. The molecule has 0 spiro atoms. The van der Waals surface area contributed by atoms with Gasteiger partial charge in [-0.3, -0.25) is 4.90 Å². The van der Waals surface area contributed by atoms with Crippen LogP contribution in [0.2, 0.25) is 0 Å². The van der Waals surface area contributed by atoms with Gasteiger partial charge >= 0.3 is 0 Å². The highest BCUT2D eigenvalue weighted by molar-refractivity contribution is 4.73. The predicted molar refractivity (Wildman–Crippen MR) is 37.5 cm³/mol. The molecule has 1 aliphatic heterocycles. The van der Waals surface area contributed by atoms with Crippen molar-refractivity contribution in [1.29, 1.82) is 0 Å². The largest absolute Gasteiger partial charge is 0.378 e. The Kier molecular flexibility index (Phi) is 2.09. The Hall–Kier alpha value is -0.0800. The van der Waals surface area contributed by atoms with Crippen LogP contribution in [0, 0.1) is 0 Å². The molecular formula is C7H15NO. The molecule has 0 aromatic rings. The molecule has 2 atom stereocenters. The number of morpholine rings is 1. The third kappa shape index (κ3) is 1.43. The lowest BCUT2D eigenvalue weighted by Crippen LogP contribution is -2.46. The van der Waals surface area contributed by atoms with E-state index in [0.717, 1.165) is 13.2 Å². The van der Waals surface area contributed by atoms with E-state index in [0.29, 0.717) is 12.1 Å². The van der Waals surface area contributed by atoms with E-state index < -0.39 is 0 Å². The summed E-state index contributed by atoms with van der Waals surface area (Å²) in [4.78, 5) is 2.35. The summed E-state index contributed by atoms with van der Waals surface area (Å²) in [5.74, 6) is 0. The molecule has 1 rings (SSSR count). The second kappa shape index (κ2) is 2.67. The molecule has 0 amide bonds. The van der Waals surface area contributed by atoms with Crippen molar-refractivity contribution in [3.05, 3.63) is 0 Å². The first-order chi connectivity index (χ1) is 4.22. The van der Waals surface area contributed by atoms with Crippen LogP contribution >= 0.6 is 0 Å². The van der Waals surface area contributed by atoms with Crippen molar-refractivity contribution in [3.8, 4) is 0 Å². The molecule has 2 nitrogen and oxygen atoms in total. The molecule has 0 bridgehead atoms. The zero-order valence-electron chi connectivity index (χ0n) is 6.42. The van der Waals surface area contributed by atoms with Crippen LogP contribution in [0.3, 0.4) is 0 Å². The maximum absolute atomic E-state index is 5.32. The molecule has 0 aromatic heterocycles. The fourth-order valence-corrected chi connectivity index (χ4v) is 1.08. The van der Waals surface area contributed by atoms with Crippen LogP contribution in [0.15, 0.2) is 0 Å². The molecule has 1 saturated heterocycles. The Labute approximate surface area is 56.8 Å². The SMILES string of the molecule is C[C@@H]1COC[C@H](C)N1C. The van der Waals surface area contributed by atoms with Crippen molar-refractivity contribution < 1.29 is 4.74 Å². The summed E-state index contributed by atoms with van der Waals surface area (Å²) < 4.78 is 5.32. The highest BCUT2D eigenvalue weighted by atomic mass is 16.5. The van der Waals surface area contributed by atoms with E-state index in [1.807, 2.05) is 0 Å². The zero-order valence-corrected chi connectivity index (χ0v) is 6.42. The summed E-state index contributed by atoms with van der Waals surface area (Å²) in [5.41, 5.74) is 0. The molecule has 9 heavy (non-hydrogen) atoms. The summed E-state index contributed by atoms with van der Waals surface area (Å²) >= 11 is 0. The standard InChI is InChI=1S/C7H15NO/c1-6-4-9-5-7(2)8(6)3/h6-7H,4-5H2,1-3H3/t6-,7+. The fraction of sp³-hybridized carbons (Fsp3) is 1.00. The number of likely N-dealkylation sites (N-methyl/N-ethyl adjacent to an activating group) is 1. The lowest BCUT2D eigenvalue weighted by Gasteiger charge is -2.35. The second-order valence-corrected chi connectivity index (χ2v) is 2.90. The van der Waals surface area contributed by atoms with Gasteiger partial charge in [-0.2, -0.15) is 0 Å². The second-order valence-electron chi connectivity index (χ2n) is 2.90. The minimum atomic E-state index is 0.591.